The quantitative estimate of drug-likeness (QED) is 0.556. The SMILES string of the molecule is CNc1ccccc1OC(Nc1ccccc1)Nc1ccccc1. The fourth-order valence-corrected chi connectivity index (χ4v) is 2.37. The van der Waals surface area contributed by atoms with E-state index in [0.29, 0.717) is 0 Å². The normalized spacial score (nSPS) is 10.2. The van der Waals surface area contributed by atoms with Gasteiger partial charge in [0.1, 0.15) is 5.75 Å². The molecule has 0 aromatic heterocycles. The lowest BCUT2D eigenvalue weighted by Crippen LogP contribution is -2.34. The van der Waals surface area contributed by atoms with Crippen LogP contribution in [0.25, 0.3) is 0 Å². The predicted octanol–water partition coefficient (Wildman–Crippen LogP) is 4.61. The Morgan fingerprint density at radius 3 is 1.71 bits per heavy atom. The zero-order valence-electron chi connectivity index (χ0n) is 13.6. The van der Waals surface area contributed by atoms with Crippen LogP contribution < -0.4 is 20.7 Å². The number of hydrogen-bond donors (Lipinski definition) is 3. The van der Waals surface area contributed by atoms with Crippen LogP contribution in [-0.2, 0) is 0 Å². The Labute approximate surface area is 142 Å². The summed E-state index contributed by atoms with van der Waals surface area (Å²) >= 11 is 0. The Hall–Kier alpha value is -3.14. The molecule has 0 aliphatic rings. The Morgan fingerprint density at radius 1 is 0.667 bits per heavy atom. The minimum absolute atomic E-state index is 0.413. The Morgan fingerprint density at radius 2 is 1.17 bits per heavy atom. The van der Waals surface area contributed by atoms with Crippen LogP contribution in [0.4, 0.5) is 17.1 Å². The fourth-order valence-electron chi connectivity index (χ4n) is 2.37. The van der Waals surface area contributed by atoms with Crippen LogP contribution in [0.1, 0.15) is 0 Å². The van der Waals surface area contributed by atoms with Gasteiger partial charge in [-0.05, 0) is 36.4 Å². The first-order chi connectivity index (χ1) is 11.8. The molecule has 24 heavy (non-hydrogen) atoms. The first-order valence-electron chi connectivity index (χ1n) is 7.92. The maximum Gasteiger partial charge on any atom is 0.248 e. The molecule has 3 aromatic carbocycles. The van der Waals surface area contributed by atoms with Gasteiger partial charge in [-0.25, -0.2) is 0 Å². The van der Waals surface area contributed by atoms with Gasteiger partial charge in [0, 0.05) is 18.4 Å². The van der Waals surface area contributed by atoms with Crippen molar-refractivity contribution in [2.45, 2.75) is 6.35 Å². The molecule has 3 rings (SSSR count). The van der Waals surface area contributed by atoms with E-state index in [1.54, 1.807) is 0 Å². The highest BCUT2D eigenvalue weighted by Gasteiger charge is 2.12. The maximum atomic E-state index is 6.16. The minimum atomic E-state index is -0.413. The highest BCUT2D eigenvalue weighted by molar-refractivity contribution is 5.56. The molecule has 122 valence electrons. The zero-order valence-corrected chi connectivity index (χ0v) is 13.6. The third kappa shape index (κ3) is 4.20. The van der Waals surface area contributed by atoms with Crippen molar-refractivity contribution in [1.29, 1.82) is 0 Å². The van der Waals surface area contributed by atoms with E-state index in [2.05, 4.69) is 16.0 Å². The molecule has 0 fully saturated rings. The van der Waals surface area contributed by atoms with Crippen molar-refractivity contribution >= 4 is 17.1 Å². The van der Waals surface area contributed by atoms with E-state index >= 15 is 0 Å². The number of nitrogens with one attached hydrogen (secondary N) is 3. The standard InChI is InChI=1S/C20H21N3O/c1-21-18-14-8-9-15-19(18)24-20(22-16-10-4-2-5-11-16)23-17-12-6-3-7-13-17/h2-15,20-23H,1H3. The van der Waals surface area contributed by atoms with Gasteiger partial charge in [-0.15, -0.1) is 0 Å². The van der Waals surface area contributed by atoms with E-state index < -0.39 is 6.35 Å². The van der Waals surface area contributed by atoms with E-state index in [1.165, 1.54) is 0 Å². The molecule has 0 heterocycles. The molecule has 0 unspecified atom stereocenters. The molecule has 3 aromatic rings. The van der Waals surface area contributed by atoms with E-state index in [1.807, 2.05) is 92.0 Å². The van der Waals surface area contributed by atoms with Crippen molar-refractivity contribution in [3.63, 3.8) is 0 Å². The van der Waals surface area contributed by atoms with Gasteiger partial charge in [0.2, 0.25) is 6.35 Å². The van der Waals surface area contributed by atoms with Gasteiger partial charge < -0.3 is 20.7 Å². The molecule has 0 aliphatic carbocycles. The van der Waals surface area contributed by atoms with Crippen LogP contribution in [0.3, 0.4) is 0 Å². The van der Waals surface area contributed by atoms with Crippen molar-refractivity contribution in [3.05, 3.63) is 84.9 Å². The molecule has 0 radical (unpaired) electrons. The van der Waals surface area contributed by atoms with Gasteiger partial charge in [-0.2, -0.15) is 0 Å². The molecule has 0 saturated carbocycles. The topological polar surface area (TPSA) is 45.3 Å². The molecular weight excluding hydrogens is 298 g/mol. The first-order valence-corrected chi connectivity index (χ1v) is 7.92. The van der Waals surface area contributed by atoms with E-state index in [9.17, 15) is 0 Å². The molecule has 0 spiro atoms. The Kier molecular flexibility index (Phi) is 5.20. The van der Waals surface area contributed by atoms with Crippen LogP contribution in [0.15, 0.2) is 84.9 Å². The van der Waals surface area contributed by atoms with Crippen molar-refractivity contribution in [2.75, 3.05) is 23.0 Å². The second-order valence-electron chi connectivity index (χ2n) is 5.26. The van der Waals surface area contributed by atoms with E-state index in [0.717, 1.165) is 22.8 Å². The van der Waals surface area contributed by atoms with Crippen molar-refractivity contribution in [2.24, 2.45) is 0 Å². The monoisotopic (exact) mass is 319 g/mol. The molecule has 0 amide bonds. The largest absolute Gasteiger partial charge is 0.450 e. The van der Waals surface area contributed by atoms with Gasteiger partial charge in [-0.1, -0.05) is 48.5 Å². The third-order valence-electron chi connectivity index (χ3n) is 3.54. The summed E-state index contributed by atoms with van der Waals surface area (Å²) in [6.07, 6.45) is -0.413. The summed E-state index contributed by atoms with van der Waals surface area (Å²) in [4.78, 5) is 0. The van der Waals surface area contributed by atoms with Crippen LogP contribution in [0.5, 0.6) is 5.75 Å². The van der Waals surface area contributed by atoms with E-state index in [-0.39, 0.29) is 0 Å². The Bertz CT molecular complexity index is 706. The zero-order chi connectivity index (χ0) is 16.6. The number of ether oxygens (including phenoxy) is 1. The number of anilines is 3. The highest BCUT2D eigenvalue weighted by Crippen LogP contribution is 2.25. The molecule has 4 nitrogen and oxygen atoms in total. The summed E-state index contributed by atoms with van der Waals surface area (Å²) in [5.74, 6) is 0.775. The van der Waals surface area contributed by atoms with Crippen LogP contribution >= 0.6 is 0 Å². The lowest BCUT2D eigenvalue weighted by atomic mass is 10.3. The molecule has 0 atom stereocenters. The first kappa shape index (κ1) is 15.7. The number of para-hydroxylation sites is 4. The summed E-state index contributed by atoms with van der Waals surface area (Å²) in [7, 11) is 1.88. The van der Waals surface area contributed by atoms with Gasteiger partial charge in [0.05, 0.1) is 5.69 Å². The average molecular weight is 319 g/mol. The molecule has 0 saturated heterocycles. The summed E-state index contributed by atoms with van der Waals surface area (Å²) in [5.41, 5.74) is 2.90. The van der Waals surface area contributed by atoms with Gasteiger partial charge in [-0.3, -0.25) is 0 Å². The lowest BCUT2D eigenvalue weighted by molar-refractivity contribution is 0.260. The summed E-state index contributed by atoms with van der Waals surface area (Å²) in [6.45, 7) is 0. The van der Waals surface area contributed by atoms with Crippen molar-refractivity contribution < 1.29 is 4.74 Å². The molecule has 4 heteroatoms. The predicted molar refractivity (Wildman–Crippen MR) is 101 cm³/mol. The number of benzene rings is 3. The molecular formula is C20H21N3O. The minimum Gasteiger partial charge on any atom is -0.450 e. The smallest absolute Gasteiger partial charge is 0.248 e. The summed E-state index contributed by atoms with van der Waals surface area (Å²) in [5, 5.41) is 9.88. The molecule has 0 aliphatic heterocycles. The average Bonchev–Trinajstić information content (AvgIpc) is 2.64. The fraction of sp³-hybridized carbons (Fsp3) is 0.100. The molecule has 3 N–H and O–H groups in total. The van der Waals surface area contributed by atoms with Crippen molar-refractivity contribution in [3.8, 4) is 5.75 Å². The lowest BCUT2D eigenvalue weighted by Gasteiger charge is -2.24. The second kappa shape index (κ2) is 7.92. The second-order valence-corrected chi connectivity index (χ2v) is 5.26. The summed E-state index contributed by atoms with van der Waals surface area (Å²) < 4.78 is 6.16. The summed E-state index contributed by atoms with van der Waals surface area (Å²) in [6, 6.07) is 27.8. The van der Waals surface area contributed by atoms with Crippen LogP contribution in [-0.4, -0.2) is 13.4 Å². The van der Waals surface area contributed by atoms with Gasteiger partial charge in [0.15, 0.2) is 0 Å². The van der Waals surface area contributed by atoms with Gasteiger partial charge in [0.25, 0.3) is 0 Å². The van der Waals surface area contributed by atoms with Gasteiger partial charge >= 0.3 is 0 Å². The highest BCUT2D eigenvalue weighted by atomic mass is 16.5. The number of hydrogen-bond acceptors (Lipinski definition) is 4. The number of rotatable bonds is 7. The Balaban J connectivity index is 1.81. The maximum absolute atomic E-state index is 6.16. The van der Waals surface area contributed by atoms with E-state index in [4.69, 9.17) is 4.74 Å². The molecule has 0 bridgehead atoms. The van der Waals surface area contributed by atoms with Crippen LogP contribution in [0, 0.1) is 0 Å². The van der Waals surface area contributed by atoms with Crippen LogP contribution in [0.2, 0.25) is 0 Å². The third-order valence-corrected chi connectivity index (χ3v) is 3.54. The van der Waals surface area contributed by atoms with Crippen molar-refractivity contribution in [1.82, 2.24) is 0 Å².